The summed E-state index contributed by atoms with van der Waals surface area (Å²) in [6.07, 6.45) is 1.17. The van der Waals surface area contributed by atoms with Crippen LogP contribution in [0.1, 0.15) is 29.8 Å². The number of aliphatic carboxylic acids is 1. The smallest absolute Gasteiger partial charge is 0.326 e. The second-order valence-corrected chi connectivity index (χ2v) is 6.43. The van der Waals surface area contributed by atoms with Gasteiger partial charge < -0.3 is 15.7 Å². The molecule has 28 heavy (non-hydrogen) atoms. The molecule has 2 aromatic carbocycles. The number of carbonyl (C=O) groups is 3. The van der Waals surface area contributed by atoms with Gasteiger partial charge in [0.2, 0.25) is 0 Å². The van der Waals surface area contributed by atoms with Gasteiger partial charge in [-0.2, -0.15) is 0 Å². The highest BCUT2D eigenvalue weighted by atomic mass is 19.1. The molecule has 3 N–H and O–H groups in total. The van der Waals surface area contributed by atoms with Crippen LogP contribution in [0.5, 0.6) is 0 Å². The van der Waals surface area contributed by atoms with Crippen LogP contribution in [-0.2, 0) is 9.59 Å². The molecule has 2 rings (SSSR count). The van der Waals surface area contributed by atoms with E-state index < -0.39 is 29.6 Å². The van der Waals surface area contributed by atoms with Gasteiger partial charge in [0, 0.05) is 11.1 Å². The van der Waals surface area contributed by atoms with Crippen LogP contribution in [0.3, 0.4) is 0 Å². The lowest BCUT2D eigenvalue weighted by Gasteiger charge is -2.19. The molecule has 2 amide bonds. The summed E-state index contributed by atoms with van der Waals surface area (Å²) in [6.45, 7) is 3.28. The zero-order chi connectivity index (χ0) is 20.7. The fourth-order valence-corrected chi connectivity index (χ4v) is 2.42. The summed E-state index contributed by atoms with van der Waals surface area (Å²) in [5.41, 5.74) is 0.122. The van der Waals surface area contributed by atoms with Crippen molar-refractivity contribution in [1.82, 2.24) is 10.6 Å². The van der Waals surface area contributed by atoms with Gasteiger partial charge in [0.05, 0.1) is 0 Å². The Bertz CT molecular complexity index is 894. The van der Waals surface area contributed by atoms with Crippen LogP contribution < -0.4 is 10.6 Å². The maximum atomic E-state index is 14.0. The molecule has 0 saturated carbocycles. The lowest BCUT2D eigenvalue weighted by Crippen LogP contribution is -2.47. The van der Waals surface area contributed by atoms with Gasteiger partial charge in [0.25, 0.3) is 11.8 Å². The fourth-order valence-electron chi connectivity index (χ4n) is 2.42. The summed E-state index contributed by atoms with van der Waals surface area (Å²) in [4.78, 5) is 36.5. The van der Waals surface area contributed by atoms with Crippen molar-refractivity contribution in [3.8, 4) is 0 Å². The first-order valence-electron chi connectivity index (χ1n) is 8.66. The molecular weight excluding hydrogens is 363 g/mol. The molecule has 2 aromatic rings. The monoisotopic (exact) mass is 384 g/mol. The summed E-state index contributed by atoms with van der Waals surface area (Å²) >= 11 is 0. The molecule has 6 nitrogen and oxygen atoms in total. The summed E-state index contributed by atoms with van der Waals surface area (Å²) in [5, 5.41) is 14.1. The molecule has 0 fully saturated rings. The van der Waals surface area contributed by atoms with Crippen LogP contribution in [0.15, 0.2) is 60.3 Å². The van der Waals surface area contributed by atoms with Crippen LogP contribution >= 0.6 is 0 Å². The maximum Gasteiger partial charge on any atom is 0.326 e. The van der Waals surface area contributed by atoms with E-state index in [2.05, 4.69) is 10.6 Å². The Kier molecular flexibility index (Phi) is 7.03. The molecule has 0 aliphatic heterocycles. The molecule has 0 aliphatic carbocycles. The lowest BCUT2D eigenvalue weighted by molar-refractivity contribution is -0.142. The van der Waals surface area contributed by atoms with Crippen molar-refractivity contribution >= 4 is 23.9 Å². The Morgan fingerprint density at radius 1 is 1.00 bits per heavy atom. The van der Waals surface area contributed by atoms with Crippen molar-refractivity contribution < 1.29 is 23.9 Å². The van der Waals surface area contributed by atoms with E-state index in [0.29, 0.717) is 5.56 Å². The van der Waals surface area contributed by atoms with Crippen molar-refractivity contribution in [1.29, 1.82) is 0 Å². The topological polar surface area (TPSA) is 95.5 Å². The lowest BCUT2D eigenvalue weighted by atomic mass is 10.0. The van der Waals surface area contributed by atoms with Crippen LogP contribution in [0.2, 0.25) is 0 Å². The van der Waals surface area contributed by atoms with Crippen molar-refractivity contribution in [2.75, 3.05) is 0 Å². The van der Waals surface area contributed by atoms with Gasteiger partial charge in [0.1, 0.15) is 17.6 Å². The highest BCUT2D eigenvalue weighted by molar-refractivity contribution is 6.06. The third-order valence-corrected chi connectivity index (χ3v) is 3.95. The molecule has 0 unspecified atom stereocenters. The van der Waals surface area contributed by atoms with Gasteiger partial charge in [-0.1, -0.05) is 50.2 Å². The van der Waals surface area contributed by atoms with E-state index in [1.54, 1.807) is 50.2 Å². The summed E-state index contributed by atoms with van der Waals surface area (Å²) in [7, 11) is 0. The zero-order valence-electron chi connectivity index (χ0n) is 15.5. The van der Waals surface area contributed by atoms with E-state index in [-0.39, 0.29) is 17.2 Å². The van der Waals surface area contributed by atoms with Crippen LogP contribution in [0.4, 0.5) is 4.39 Å². The first-order valence-corrected chi connectivity index (χ1v) is 8.66. The van der Waals surface area contributed by atoms with E-state index in [1.165, 1.54) is 24.3 Å². The largest absolute Gasteiger partial charge is 0.480 e. The number of hydrogen-bond donors (Lipinski definition) is 3. The number of carboxylic acid groups (broad SMARTS) is 1. The van der Waals surface area contributed by atoms with Crippen molar-refractivity contribution in [2.45, 2.75) is 19.9 Å². The number of hydrogen-bond acceptors (Lipinski definition) is 3. The number of carboxylic acids is 1. The molecule has 146 valence electrons. The van der Waals surface area contributed by atoms with Gasteiger partial charge in [-0.15, -0.1) is 0 Å². The molecule has 1 atom stereocenters. The van der Waals surface area contributed by atoms with Crippen LogP contribution in [0.25, 0.3) is 6.08 Å². The first-order chi connectivity index (χ1) is 13.3. The molecule has 7 heteroatoms. The Labute approximate surface area is 162 Å². The third-order valence-electron chi connectivity index (χ3n) is 3.95. The van der Waals surface area contributed by atoms with Crippen LogP contribution in [-0.4, -0.2) is 28.9 Å². The molecule has 0 aliphatic rings. The molecule has 0 heterocycles. The van der Waals surface area contributed by atoms with Crippen LogP contribution in [0, 0.1) is 11.7 Å². The van der Waals surface area contributed by atoms with E-state index in [9.17, 15) is 23.9 Å². The number of amides is 2. The van der Waals surface area contributed by atoms with Gasteiger partial charge in [-0.25, -0.2) is 9.18 Å². The highest BCUT2D eigenvalue weighted by Crippen LogP contribution is 2.12. The number of carbonyl (C=O) groups excluding carboxylic acids is 2. The van der Waals surface area contributed by atoms with Gasteiger partial charge in [0.15, 0.2) is 0 Å². The molecule has 0 bridgehead atoms. The minimum absolute atomic E-state index is 0.0810. The van der Waals surface area contributed by atoms with Gasteiger partial charge >= 0.3 is 5.97 Å². The fraction of sp³-hybridized carbons (Fsp3) is 0.190. The van der Waals surface area contributed by atoms with E-state index in [0.717, 1.165) is 0 Å². The molecule has 0 radical (unpaired) electrons. The average molecular weight is 384 g/mol. The Morgan fingerprint density at radius 2 is 1.61 bits per heavy atom. The maximum absolute atomic E-state index is 14.0. The number of halogens is 1. The minimum atomic E-state index is -1.21. The molecule has 0 saturated heterocycles. The SMILES string of the molecule is CC(C)[C@H](NC(=O)/C(=C/c1ccccc1F)NC(=O)c1ccccc1)C(=O)O. The second-order valence-electron chi connectivity index (χ2n) is 6.43. The van der Waals surface area contributed by atoms with Crippen molar-refractivity contribution in [3.63, 3.8) is 0 Å². The average Bonchev–Trinajstić information content (AvgIpc) is 2.67. The molecular formula is C21H21FN2O4. The number of rotatable bonds is 7. The molecule has 0 aromatic heterocycles. The zero-order valence-corrected chi connectivity index (χ0v) is 15.5. The number of benzene rings is 2. The number of nitrogens with one attached hydrogen (secondary N) is 2. The normalized spacial score (nSPS) is 12.4. The summed E-state index contributed by atoms with van der Waals surface area (Å²) in [5.74, 6) is -3.58. The van der Waals surface area contributed by atoms with E-state index in [4.69, 9.17) is 0 Å². The van der Waals surface area contributed by atoms with Crippen molar-refractivity contribution in [3.05, 3.63) is 77.2 Å². The second kappa shape index (κ2) is 9.45. The predicted octanol–water partition coefficient (Wildman–Crippen LogP) is 2.82. The van der Waals surface area contributed by atoms with Crippen molar-refractivity contribution in [2.24, 2.45) is 5.92 Å². The third kappa shape index (κ3) is 5.51. The Hall–Kier alpha value is -3.48. The first kappa shape index (κ1) is 20.8. The van der Waals surface area contributed by atoms with Gasteiger partial charge in [-0.05, 0) is 30.2 Å². The minimum Gasteiger partial charge on any atom is -0.480 e. The quantitative estimate of drug-likeness (QED) is 0.640. The Balaban J connectivity index is 2.35. The standard InChI is InChI=1S/C21H21FN2O4/c1-13(2)18(21(27)28)24-20(26)17(12-15-10-6-7-11-16(15)22)23-19(25)14-8-4-3-5-9-14/h3-13,18H,1-2H3,(H,23,25)(H,24,26)(H,27,28)/b17-12-/t18-/m0/s1. The predicted molar refractivity (Wildman–Crippen MR) is 103 cm³/mol. The summed E-state index contributed by atoms with van der Waals surface area (Å²) < 4.78 is 14.0. The summed E-state index contributed by atoms with van der Waals surface area (Å²) in [6, 6.07) is 12.7. The molecule has 0 spiro atoms. The van der Waals surface area contributed by atoms with E-state index in [1.807, 2.05) is 0 Å². The Morgan fingerprint density at radius 3 is 2.18 bits per heavy atom. The van der Waals surface area contributed by atoms with Gasteiger partial charge in [-0.3, -0.25) is 9.59 Å². The van der Waals surface area contributed by atoms with E-state index >= 15 is 0 Å². The highest BCUT2D eigenvalue weighted by Gasteiger charge is 2.26.